The molecule has 2 N–H and O–H groups in total. The predicted octanol–water partition coefficient (Wildman–Crippen LogP) is 2.22. The second kappa shape index (κ2) is 9.05. The summed E-state index contributed by atoms with van der Waals surface area (Å²) >= 11 is 0. The van der Waals surface area contributed by atoms with Crippen molar-refractivity contribution in [3.05, 3.63) is 54.1 Å². The van der Waals surface area contributed by atoms with E-state index in [0.717, 1.165) is 11.4 Å². The maximum atomic E-state index is 12.4. The van der Waals surface area contributed by atoms with Crippen LogP contribution in [-0.4, -0.2) is 56.7 Å². The van der Waals surface area contributed by atoms with Crippen LogP contribution in [0.1, 0.15) is 10.4 Å². The first-order valence-corrected chi connectivity index (χ1v) is 8.80. The van der Waals surface area contributed by atoms with Gasteiger partial charge in [-0.05, 0) is 48.5 Å². The highest BCUT2D eigenvalue weighted by Gasteiger charge is 2.18. The Morgan fingerprint density at radius 1 is 1.00 bits per heavy atom. The maximum Gasteiger partial charge on any atom is 0.254 e. The van der Waals surface area contributed by atoms with Crippen LogP contribution in [0.3, 0.4) is 0 Å². The van der Waals surface area contributed by atoms with Gasteiger partial charge < -0.3 is 25.0 Å². The number of nitrogens with one attached hydrogen (secondary N) is 2. The Labute approximate surface area is 158 Å². The van der Waals surface area contributed by atoms with Crippen molar-refractivity contribution in [3.63, 3.8) is 0 Å². The minimum atomic E-state index is -0.168. The summed E-state index contributed by atoms with van der Waals surface area (Å²) in [7, 11) is 1.61. The summed E-state index contributed by atoms with van der Waals surface area (Å²) in [6, 6.07) is 14.3. The molecule has 142 valence electrons. The number of benzene rings is 2. The van der Waals surface area contributed by atoms with Crippen LogP contribution in [0.2, 0.25) is 0 Å². The van der Waals surface area contributed by atoms with Gasteiger partial charge in [0.15, 0.2) is 0 Å². The summed E-state index contributed by atoms with van der Waals surface area (Å²) in [6.07, 6.45) is 0. The smallest absolute Gasteiger partial charge is 0.254 e. The van der Waals surface area contributed by atoms with Gasteiger partial charge in [0.1, 0.15) is 5.75 Å². The Balaban J connectivity index is 1.49. The van der Waals surface area contributed by atoms with Crippen molar-refractivity contribution in [3.8, 4) is 5.75 Å². The number of anilines is 2. The molecule has 7 heteroatoms. The van der Waals surface area contributed by atoms with Crippen LogP contribution in [-0.2, 0) is 9.53 Å². The Bertz CT molecular complexity index is 769. The van der Waals surface area contributed by atoms with Gasteiger partial charge in [0.05, 0.1) is 26.9 Å². The molecule has 0 aliphatic carbocycles. The van der Waals surface area contributed by atoms with Crippen LogP contribution >= 0.6 is 0 Å². The zero-order valence-corrected chi connectivity index (χ0v) is 15.2. The average molecular weight is 369 g/mol. The van der Waals surface area contributed by atoms with Crippen molar-refractivity contribution in [1.82, 2.24) is 4.90 Å². The summed E-state index contributed by atoms with van der Waals surface area (Å²) in [4.78, 5) is 26.3. The first-order valence-electron chi connectivity index (χ1n) is 8.80. The molecule has 1 aliphatic rings. The standard InChI is InChI=1S/C20H23N3O4/c1-26-18-8-6-16(7-9-18)21-14-19(24)22-17-4-2-15(3-5-17)20(25)23-10-12-27-13-11-23/h2-9,21H,10-14H2,1H3,(H,22,24). The minimum absolute atomic E-state index is 0.0163. The lowest BCUT2D eigenvalue weighted by Gasteiger charge is -2.26. The number of carbonyl (C=O) groups excluding carboxylic acids is 2. The van der Waals surface area contributed by atoms with E-state index in [0.29, 0.717) is 37.6 Å². The number of hydrogen-bond acceptors (Lipinski definition) is 5. The first-order chi connectivity index (χ1) is 13.2. The third-order valence-corrected chi connectivity index (χ3v) is 4.26. The lowest BCUT2D eigenvalue weighted by molar-refractivity contribution is -0.114. The van der Waals surface area contributed by atoms with Gasteiger partial charge in [0.25, 0.3) is 5.91 Å². The van der Waals surface area contributed by atoms with Gasteiger partial charge in [-0.3, -0.25) is 9.59 Å². The number of ether oxygens (including phenoxy) is 2. The van der Waals surface area contributed by atoms with E-state index in [1.165, 1.54) is 0 Å². The normalized spacial score (nSPS) is 13.7. The number of nitrogens with zero attached hydrogens (tertiary/aromatic N) is 1. The average Bonchev–Trinajstić information content (AvgIpc) is 2.73. The molecule has 2 aromatic rings. The molecule has 3 rings (SSSR count). The zero-order chi connectivity index (χ0) is 19.1. The summed E-state index contributed by atoms with van der Waals surface area (Å²) in [5, 5.41) is 5.86. The third kappa shape index (κ3) is 5.21. The lowest BCUT2D eigenvalue weighted by atomic mass is 10.1. The first kappa shape index (κ1) is 18.7. The van der Waals surface area contributed by atoms with E-state index in [1.54, 1.807) is 36.3 Å². The molecule has 7 nitrogen and oxygen atoms in total. The number of amides is 2. The molecular formula is C20H23N3O4. The number of carbonyl (C=O) groups is 2. The summed E-state index contributed by atoms with van der Waals surface area (Å²) in [5.74, 6) is 0.576. The molecule has 2 aromatic carbocycles. The van der Waals surface area contributed by atoms with Crippen molar-refractivity contribution in [2.24, 2.45) is 0 Å². The highest BCUT2D eigenvalue weighted by molar-refractivity contribution is 5.96. The van der Waals surface area contributed by atoms with E-state index >= 15 is 0 Å². The van der Waals surface area contributed by atoms with Gasteiger partial charge in [-0.15, -0.1) is 0 Å². The molecule has 0 radical (unpaired) electrons. The van der Waals surface area contributed by atoms with Gasteiger partial charge in [-0.1, -0.05) is 0 Å². The van der Waals surface area contributed by atoms with Crippen LogP contribution < -0.4 is 15.4 Å². The highest BCUT2D eigenvalue weighted by Crippen LogP contribution is 2.15. The van der Waals surface area contributed by atoms with Crippen LogP contribution in [0.15, 0.2) is 48.5 Å². The fraction of sp³-hybridized carbons (Fsp3) is 0.300. The quantitative estimate of drug-likeness (QED) is 0.816. The Hall–Kier alpha value is -3.06. The summed E-state index contributed by atoms with van der Waals surface area (Å²) in [5.41, 5.74) is 2.08. The van der Waals surface area contributed by atoms with Gasteiger partial charge in [-0.25, -0.2) is 0 Å². The largest absolute Gasteiger partial charge is 0.497 e. The van der Waals surface area contributed by atoms with E-state index in [2.05, 4.69) is 10.6 Å². The van der Waals surface area contributed by atoms with Crippen LogP contribution in [0.4, 0.5) is 11.4 Å². The second-order valence-corrected chi connectivity index (χ2v) is 6.11. The summed E-state index contributed by atoms with van der Waals surface area (Å²) in [6.45, 7) is 2.49. The molecule has 0 aromatic heterocycles. The van der Waals surface area contributed by atoms with Gasteiger partial charge in [0, 0.05) is 30.0 Å². The van der Waals surface area contributed by atoms with E-state index in [4.69, 9.17) is 9.47 Å². The molecule has 0 atom stereocenters. The van der Waals surface area contributed by atoms with Gasteiger partial charge in [0.2, 0.25) is 5.91 Å². The molecule has 1 aliphatic heterocycles. The van der Waals surface area contributed by atoms with Gasteiger partial charge in [-0.2, -0.15) is 0 Å². The monoisotopic (exact) mass is 369 g/mol. The molecular weight excluding hydrogens is 346 g/mol. The molecule has 0 spiro atoms. The lowest BCUT2D eigenvalue weighted by Crippen LogP contribution is -2.40. The van der Waals surface area contributed by atoms with E-state index < -0.39 is 0 Å². The fourth-order valence-electron chi connectivity index (χ4n) is 2.74. The van der Waals surface area contributed by atoms with Crippen molar-refractivity contribution in [1.29, 1.82) is 0 Å². The molecule has 1 saturated heterocycles. The van der Waals surface area contributed by atoms with Crippen molar-refractivity contribution < 1.29 is 19.1 Å². The number of hydrogen-bond donors (Lipinski definition) is 2. The second-order valence-electron chi connectivity index (χ2n) is 6.11. The third-order valence-electron chi connectivity index (χ3n) is 4.26. The van der Waals surface area contributed by atoms with Crippen LogP contribution in [0.25, 0.3) is 0 Å². The molecule has 1 fully saturated rings. The maximum absolute atomic E-state index is 12.4. The molecule has 2 amide bonds. The van der Waals surface area contributed by atoms with E-state index in [1.807, 2.05) is 24.3 Å². The van der Waals surface area contributed by atoms with Crippen molar-refractivity contribution in [2.75, 3.05) is 50.6 Å². The van der Waals surface area contributed by atoms with E-state index in [9.17, 15) is 9.59 Å². The van der Waals surface area contributed by atoms with Crippen molar-refractivity contribution >= 4 is 23.2 Å². The molecule has 1 heterocycles. The highest BCUT2D eigenvalue weighted by atomic mass is 16.5. The Kier molecular flexibility index (Phi) is 6.27. The van der Waals surface area contributed by atoms with Crippen LogP contribution in [0, 0.1) is 0 Å². The molecule has 0 bridgehead atoms. The SMILES string of the molecule is COc1ccc(NCC(=O)Nc2ccc(C(=O)N3CCOCC3)cc2)cc1. The number of morpholine rings is 1. The van der Waals surface area contributed by atoms with Crippen LogP contribution in [0.5, 0.6) is 5.75 Å². The molecule has 27 heavy (non-hydrogen) atoms. The number of rotatable bonds is 6. The molecule has 0 unspecified atom stereocenters. The van der Waals surface area contributed by atoms with Crippen molar-refractivity contribution in [2.45, 2.75) is 0 Å². The summed E-state index contributed by atoms with van der Waals surface area (Å²) < 4.78 is 10.4. The number of methoxy groups -OCH3 is 1. The topological polar surface area (TPSA) is 79.9 Å². The van der Waals surface area contributed by atoms with Gasteiger partial charge >= 0.3 is 0 Å². The predicted molar refractivity (Wildman–Crippen MR) is 103 cm³/mol. The zero-order valence-electron chi connectivity index (χ0n) is 15.2. The minimum Gasteiger partial charge on any atom is -0.497 e. The Morgan fingerprint density at radius 2 is 1.63 bits per heavy atom. The Morgan fingerprint density at radius 3 is 2.26 bits per heavy atom. The fourth-order valence-corrected chi connectivity index (χ4v) is 2.74. The molecule has 0 saturated carbocycles. The van der Waals surface area contributed by atoms with E-state index in [-0.39, 0.29) is 18.4 Å².